The van der Waals surface area contributed by atoms with Crippen LogP contribution in [0, 0.1) is 6.92 Å². The first kappa shape index (κ1) is 7.25. The number of nitrogens with one attached hydrogen (secondary N) is 1. The molecule has 0 aliphatic carbocycles. The summed E-state index contributed by atoms with van der Waals surface area (Å²) in [5.41, 5.74) is 0. The van der Waals surface area contributed by atoms with Crippen molar-refractivity contribution < 1.29 is 0 Å². The van der Waals surface area contributed by atoms with Gasteiger partial charge in [0.05, 0.1) is 6.04 Å². The fourth-order valence-electron chi connectivity index (χ4n) is 1.43. The summed E-state index contributed by atoms with van der Waals surface area (Å²) in [5.74, 6) is 0. The van der Waals surface area contributed by atoms with Crippen molar-refractivity contribution in [2.75, 3.05) is 6.54 Å². The zero-order valence-electron chi connectivity index (χ0n) is 6.63. The molecule has 1 aromatic heterocycles. The number of thiazole rings is 1. The standard InChI is InChI=1S/C8H12N2S/c1-6-5-10-8(11-6)7-3-2-4-9-7/h5,7,9H,2-4H2,1H3/t7-/m1/s1. The lowest BCUT2D eigenvalue weighted by molar-refractivity contribution is 0.643. The monoisotopic (exact) mass is 168 g/mol. The van der Waals surface area contributed by atoms with E-state index in [1.807, 2.05) is 17.5 Å². The Labute approximate surface area is 70.7 Å². The van der Waals surface area contributed by atoms with Gasteiger partial charge in [-0.1, -0.05) is 0 Å². The lowest BCUT2D eigenvalue weighted by atomic mass is 10.2. The minimum Gasteiger partial charge on any atom is -0.308 e. The van der Waals surface area contributed by atoms with Crippen molar-refractivity contribution in [3.63, 3.8) is 0 Å². The summed E-state index contributed by atoms with van der Waals surface area (Å²) >= 11 is 1.81. The third-order valence-electron chi connectivity index (χ3n) is 2.00. The molecule has 1 aromatic rings. The van der Waals surface area contributed by atoms with Gasteiger partial charge in [-0.25, -0.2) is 4.98 Å². The third kappa shape index (κ3) is 1.44. The van der Waals surface area contributed by atoms with Crippen LogP contribution in [0.2, 0.25) is 0 Å². The molecule has 0 saturated carbocycles. The first-order valence-corrected chi connectivity index (χ1v) is 4.83. The van der Waals surface area contributed by atoms with Crippen molar-refractivity contribution in [1.82, 2.24) is 10.3 Å². The van der Waals surface area contributed by atoms with Crippen LogP contribution in [0.15, 0.2) is 6.20 Å². The Morgan fingerprint density at radius 1 is 1.73 bits per heavy atom. The molecule has 1 fully saturated rings. The second-order valence-electron chi connectivity index (χ2n) is 2.96. The highest BCUT2D eigenvalue weighted by molar-refractivity contribution is 7.11. The van der Waals surface area contributed by atoms with Gasteiger partial charge in [-0.05, 0) is 26.3 Å². The van der Waals surface area contributed by atoms with Gasteiger partial charge in [-0.3, -0.25) is 0 Å². The third-order valence-corrected chi connectivity index (χ3v) is 3.02. The molecule has 2 heterocycles. The van der Waals surface area contributed by atoms with Gasteiger partial charge in [0, 0.05) is 11.1 Å². The molecule has 1 aliphatic heterocycles. The van der Waals surface area contributed by atoms with E-state index in [-0.39, 0.29) is 0 Å². The molecule has 1 saturated heterocycles. The Bertz CT molecular complexity index is 238. The van der Waals surface area contributed by atoms with Gasteiger partial charge in [0.15, 0.2) is 0 Å². The van der Waals surface area contributed by atoms with Crippen LogP contribution in [-0.4, -0.2) is 11.5 Å². The highest BCUT2D eigenvalue weighted by Crippen LogP contribution is 2.26. The van der Waals surface area contributed by atoms with Crippen LogP contribution in [0.3, 0.4) is 0 Å². The molecule has 3 heteroatoms. The van der Waals surface area contributed by atoms with Crippen molar-refractivity contribution in [3.05, 3.63) is 16.1 Å². The summed E-state index contributed by atoms with van der Waals surface area (Å²) in [6.45, 7) is 3.26. The lowest BCUT2D eigenvalue weighted by Gasteiger charge is -2.03. The predicted molar refractivity (Wildman–Crippen MR) is 46.8 cm³/mol. The average Bonchev–Trinajstić information content (AvgIpc) is 2.55. The van der Waals surface area contributed by atoms with Crippen LogP contribution in [0.4, 0.5) is 0 Å². The Hall–Kier alpha value is -0.410. The normalized spacial score (nSPS) is 24.3. The molecular weight excluding hydrogens is 156 g/mol. The number of rotatable bonds is 1. The molecule has 1 atom stereocenters. The Balaban J connectivity index is 2.15. The summed E-state index contributed by atoms with van der Waals surface area (Å²) in [6, 6.07) is 0.550. The molecule has 1 aliphatic rings. The molecule has 0 amide bonds. The van der Waals surface area contributed by atoms with Crippen LogP contribution in [0.5, 0.6) is 0 Å². The second-order valence-corrected chi connectivity index (χ2v) is 4.22. The van der Waals surface area contributed by atoms with E-state index in [1.54, 1.807) is 0 Å². The summed E-state index contributed by atoms with van der Waals surface area (Å²) < 4.78 is 0. The van der Waals surface area contributed by atoms with Gasteiger partial charge in [0.2, 0.25) is 0 Å². The Morgan fingerprint density at radius 3 is 3.18 bits per heavy atom. The smallest absolute Gasteiger partial charge is 0.110 e. The molecule has 1 N–H and O–H groups in total. The number of hydrogen-bond donors (Lipinski definition) is 1. The molecule has 0 bridgehead atoms. The first-order chi connectivity index (χ1) is 5.36. The van der Waals surface area contributed by atoms with Crippen molar-refractivity contribution in [1.29, 1.82) is 0 Å². The minimum absolute atomic E-state index is 0.550. The molecule has 11 heavy (non-hydrogen) atoms. The van der Waals surface area contributed by atoms with Gasteiger partial charge < -0.3 is 5.32 Å². The van der Waals surface area contributed by atoms with E-state index in [0.717, 1.165) is 6.54 Å². The number of aryl methyl sites for hydroxylation is 1. The molecule has 0 radical (unpaired) electrons. The van der Waals surface area contributed by atoms with Crippen LogP contribution < -0.4 is 5.32 Å². The second kappa shape index (κ2) is 2.91. The maximum absolute atomic E-state index is 4.35. The van der Waals surface area contributed by atoms with Crippen molar-refractivity contribution in [3.8, 4) is 0 Å². The fraction of sp³-hybridized carbons (Fsp3) is 0.625. The number of aromatic nitrogens is 1. The molecule has 2 nitrogen and oxygen atoms in total. The SMILES string of the molecule is Cc1cnc([C@H]2CCCN2)s1. The predicted octanol–water partition coefficient (Wildman–Crippen LogP) is 1.88. The van der Waals surface area contributed by atoms with Gasteiger partial charge in [-0.2, -0.15) is 0 Å². The van der Waals surface area contributed by atoms with Crippen LogP contribution in [-0.2, 0) is 0 Å². The van der Waals surface area contributed by atoms with E-state index >= 15 is 0 Å². The average molecular weight is 168 g/mol. The highest BCUT2D eigenvalue weighted by Gasteiger charge is 2.18. The summed E-state index contributed by atoms with van der Waals surface area (Å²) in [6.07, 6.45) is 4.51. The van der Waals surface area contributed by atoms with Gasteiger partial charge in [0.25, 0.3) is 0 Å². The topological polar surface area (TPSA) is 24.9 Å². The fourth-order valence-corrected chi connectivity index (χ4v) is 2.31. The van der Waals surface area contributed by atoms with Gasteiger partial charge >= 0.3 is 0 Å². The van der Waals surface area contributed by atoms with Crippen LogP contribution in [0.25, 0.3) is 0 Å². The maximum atomic E-state index is 4.35. The molecule has 60 valence electrons. The Morgan fingerprint density at radius 2 is 2.64 bits per heavy atom. The molecule has 0 aromatic carbocycles. The van der Waals surface area contributed by atoms with E-state index in [2.05, 4.69) is 17.2 Å². The highest BCUT2D eigenvalue weighted by atomic mass is 32.1. The van der Waals surface area contributed by atoms with Gasteiger partial charge in [0.1, 0.15) is 5.01 Å². The molecule has 0 spiro atoms. The van der Waals surface area contributed by atoms with E-state index in [1.165, 1.54) is 22.7 Å². The molecule has 2 rings (SSSR count). The van der Waals surface area contributed by atoms with Gasteiger partial charge in [-0.15, -0.1) is 11.3 Å². The number of hydrogen-bond acceptors (Lipinski definition) is 3. The van der Waals surface area contributed by atoms with Crippen molar-refractivity contribution >= 4 is 11.3 Å². The van der Waals surface area contributed by atoms with Crippen molar-refractivity contribution in [2.45, 2.75) is 25.8 Å². The first-order valence-electron chi connectivity index (χ1n) is 4.02. The minimum atomic E-state index is 0.550. The van der Waals surface area contributed by atoms with E-state index < -0.39 is 0 Å². The lowest BCUT2D eigenvalue weighted by Crippen LogP contribution is -2.12. The van der Waals surface area contributed by atoms with Crippen molar-refractivity contribution in [2.24, 2.45) is 0 Å². The Kier molecular flexibility index (Phi) is 1.92. The van der Waals surface area contributed by atoms with E-state index in [4.69, 9.17) is 0 Å². The van der Waals surface area contributed by atoms with Crippen LogP contribution >= 0.6 is 11.3 Å². The maximum Gasteiger partial charge on any atom is 0.110 e. The summed E-state index contributed by atoms with van der Waals surface area (Å²) in [7, 11) is 0. The quantitative estimate of drug-likeness (QED) is 0.692. The number of nitrogens with zero attached hydrogens (tertiary/aromatic N) is 1. The zero-order valence-corrected chi connectivity index (χ0v) is 7.45. The van der Waals surface area contributed by atoms with Crippen LogP contribution in [0.1, 0.15) is 28.8 Å². The molecule has 0 unspecified atom stereocenters. The summed E-state index contributed by atoms with van der Waals surface area (Å²) in [5, 5.41) is 4.70. The zero-order chi connectivity index (χ0) is 7.68. The van der Waals surface area contributed by atoms with E-state index in [0.29, 0.717) is 6.04 Å². The van der Waals surface area contributed by atoms with E-state index in [9.17, 15) is 0 Å². The molecular formula is C8H12N2S. The largest absolute Gasteiger partial charge is 0.308 e. The summed E-state index contributed by atoms with van der Waals surface area (Å²) in [4.78, 5) is 5.67.